The molecule has 1 atom stereocenters. The minimum Gasteiger partial charge on any atom is -0.482 e. The van der Waals surface area contributed by atoms with E-state index in [9.17, 15) is 4.79 Å². The van der Waals surface area contributed by atoms with Gasteiger partial charge < -0.3 is 10.1 Å². The number of hydrogen-bond acceptors (Lipinski definition) is 3. The monoisotopic (exact) mass is 348 g/mol. The summed E-state index contributed by atoms with van der Waals surface area (Å²) < 4.78 is 5.38. The number of halogens is 2. The average Bonchev–Trinajstić information content (AvgIpc) is 2.53. The van der Waals surface area contributed by atoms with E-state index < -0.39 is 0 Å². The first-order valence-corrected chi connectivity index (χ1v) is 7.63. The SMILES string of the molecule is C[C@H](NC(=O)COc1ccc(C#N)cc1Cl)c1ccccc1Cl. The van der Waals surface area contributed by atoms with E-state index in [4.69, 9.17) is 33.2 Å². The molecule has 0 aliphatic carbocycles. The van der Waals surface area contributed by atoms with Crippen LogP contribution in [0.25, 0.3) is 0 Å². The molecule has 1 N–H and O–H groups in total. The Morgan fingerprint density at radius 3 is 2.65 bits per heavy atom. The first-order chi connectivity index (χ1) is 11.0. The van der Waals surface area contributed by atoms with Crippen molar-refractivity contribution in [3.8, 4) is 11.8 Å². The Kier molecular flexibility index (Phi) is 5.86. The Labute approximate surface area is 144 Å². The van der Waals surface area contributed by atoms with Crippen LogP contribution in [0.2, 0.25) is 10.0 Å². The Bertz CT molecular complexity index is 756. The van der Waals surface area contributed by atoms with Crippen LogP contribution < -0.4 is 10.1 Å². The van der Waals surface area contributed by atoms with Crippen LogP contribution in [0.4, 0.5) is 0 Å². The van der Waals surface area contributed by atoms with Crippen molar-refractivity contribution in [3.05, 3.63) is 63.6 Å². The highest BCUT2D eigenvalue weighted by Gasteiger charge is 2.13. The van der Waals surface area contributed by atoms with Gasteiger partial charge in [-0.1, -0.05) is 41.4 Å². The van der Waals surface area contributed by atoms with Crippen LogP contribution in [0.1, 0.15) is 24.1 Å². The third-order valence-electron chi connectivity index (χ3n) is 3.17. The van der Waals surface area contributed by atoms with E-state index in [1.165, 1.54) is 6.07 Å². The second-order valence-electron chi connectivity index (χ2n) is 4.86. The molecule has 4 nitrogen and oxygen atoms in total. The fourth-order valence-electron chi connectivity index (χ4n) is 2.02. The predicted molar refractivity (Wildman–Crippen MR) is 89.7 cm³/mol. The Morgan fingerprint density at radius 1 is 1.26 bits per heavy atom. The van der Waals surface area contributed by atoms with Gasteiger partial charge in [0.05, 0.1) is 22.7 Å². The van der Waals surface area contributed by atoms with E-state index in [-0.39, 0.29) is 23.6 Å². The van der Waals surface area contributed by atoms with E-state index in [0.29, 0.717) is 16.3 Å². The average molecular weight is 349 g/mol. The summed E-state index contributed by atoms with van der Waals surface area (Å²) in [5.74, 6) is 0.0593. The van der Waals surface area contributed by atoms with Crippen molar-refractivity contribution < 1.29 is 9.53 Å². The van der Waals surface area contributed by atoms with Gasteiger partial charge in [0, 0.05) is 5.02 Å². The van der Waals surface area contributed by atoms with Gasteiger partial charge >= 0.3 is 0 Å². The fourth-order valence-corrected chi connectivity index (χ4v) is 2.55. The quantitative estimate of drug-likeness (QED) is 0.883. The molecule has 0 spiro atoms. The maximum atomic E-state index is 12.0. The van der Waals surface area contributed by atoms with Gasteiger partial charge in [-0.25, -0.2) is 0 Å². The van der Waals surface area contributed by atoms with Gasteiger partial charge in [-0.05, 0) is 36.8 Å². The zero-order chi connectivity index (χ0) is 16.8. The van der Waals surface area contributed by atoms with E-state index in [1.807, 2.05) is 31.2 Å². The number of nitrogens with one attached hydrogen (secondary N) is 1. The highest BCUT2D eigenvalue weighted by molar-refractivity contribution is 6.32. The van der Waals surface area contributed by atoms with Crippen LogP contribution in [0.15, 0.2) is 42.5 Å². The van der Waals surface area contributed by atoms with Crippen LogP contribution in [-0.4, -0.2) is 12.5 Å². The molecule has 0 saturated heterocycles. The number of carbonyl (C=O) groups excluding carboxylic acids is 1. The standard InChI is InChI=1S/C17H14Cl2N2O2/c1-11(13-4-2-3-5-14(13)18)21-17(22)10-23-16-7-6-12(9-20)8-15(16)19/h2-8,11H,10H2,1H3,(H,21,22)/t11-/m0/s1. The van der Waals surface area contributed by atoms with Crippen molar-refractivity contribution in [2.24, 2.45) is 0 Å². The van der Waals surface area contributed by atoms with E-state index in [0.717, 1.165) is 5.56 Å². The summed E-state index contributed by atoms with van der Waals surface area (Å²) in [6.07, 6.45) is 0. The molecule has 23 heavy (non-hydrogen) atoms. The normalized spacial score (nSPS) is 11.4. The maximum absolute atomic E-state index is 12.0. The van der Waals surface area contributed by atoms with Crippen LogP contribution >= 0.6 is 23.2 Å². The first-order valence-electron chi connectivity index (χ1n) is 6.87. The molecule has 0 fully saturated rings. The summed E-state index contributed by atoms with van der Waals surface area (Å²) in [5, 5.41) is 12.5. The summed E-state index contributed by atoms with van der Waals surface area (Å²) in [6.45, 7) is 1.66. The van der Waals surface area contributed by atoms with Crippen molar-refractivity contribution in [1.82, 2.24) is 5.32 Å². The van der Waals surface area contributed by atoms with Gasteiger partial charge in [-0.3, -0.25) is 4.79 Å². The van der Waals surface area contributed by atoms with Gasteiger partial charge in [0.1, 0.15) is 5.75 Å². The third-order valence-corrected chi connectivity index (χ3v) is 3.81. The summed E-state index contributed by atoms with van der Waals surface area (Å²) in [6, 6.07) is 13.7. The van der Waals surface area contributed by atoms with E-state index >= 15 is 0 Å². The lowest BCUT2D eigenvalue weighted by Gasteiger charge is -2.16. The molecule has 0 aliphatic heterocycles. The number of benzene rings is 2. The number of rotatable bonds is 5. The molecule has 0 aromatic heterocycles. The topological polar surface area (TPSA) is 62.1 Å². The van der Waals surface area contributed by atoms with Gasteiger partial charge in [-0.15, -0.1) is 0 Å². The first kappa shape index (κ1) is 17.1. The number of ether oxygens (including phenoxy) is 1. The smallest absolute Gasteiger partial charge is 0.258 e. The lowest BCUT2D eigenvalue weighted by Crippen LogP contribution is -2.31. The van der Waals surface area contributed by atoms with Crippen LogP contribution in [0.5, 0.6) is 5.75 Å². The molecule has 2 aromatic rings. The van der Waals surface area contributed by atoms with Crippen LogP contribution in [0.3, 0.4) is 0 Å². The van der Waals surface area contributed by atoms with E-state index in [1.54, 1.807) is 18.2 Å². The fraction of sp³-hybridized carbons (Fsp3) is 0.176. The molecule has 0 heterocycles. The van der Waals surface area contributed by atoms with Crippen LogP contribution in [-0.2, 0) is 4.79 Å². The molecular formula is C17H14Cl2N2O2. The van der Waals surface area contributed by atoms with Crippen molar-refractivity contribution in [3.63, 3.8) is 0 Å². The van der Waals surface area contributed by atoms with E-state index in [2.05, 4.69) is 5.32 Å². The number of nitriles is 1. The second kappa shape index (κ2) is 7.87. The summed E-state index contributed by atoms with van der Waals surface area (Å²) in [7, 11) is 0. The molecule has 0 radical (unpaired) electrons. The second-order valence-corrected chi connectivity index (χ2v) is 5.67. The lowest BCUT2D eigenvalue weighted by molar-refractivity contribution is -0.123. The largest absolute Gasteiger partial charge is 0.482 e. The molecule has 6 heteroatoms. The molecule has 118 valence electrons. The molecular weight excluding hydrogens is 335 g/mol. The number of carbonyl (C=O) groups is 1. The third kappa shape index (κ3) is 4.62. The van der Waals surface area contributed by atoms with Gasteiger partial charge in [-0.2, -0.15) is 5.26 Å². The van der Waals surface area contributed by atoms with Crippen molar-refractivity contribution >= 4 is 29.1 Å². The van der Waals surface area contributed by atoms with Crippen LogP contribution in [0, 0.1) is 11.3 Å². The van der Waals surface area contributed by atoms with Crippen molar-refractivity contribution in [1.29, 1.82) is 5.26 Å². The van der Waals surface area contributed by atoms with Gasteiger partial charge in [0.25, 0.3) is 5.91 Å². The number of amides is 1. The zero-order valence-corrected chi connectivity index (χ0v) is 13.9. The zero-order valence-electron chi connectivity index (χ0n) is 12.3. The highest BCUT2D eigenvalue weighted by atomic mass is 35.5. The number of hydrogen-bond donors (Lipinski definition) is 1. The molecule has 1 amide bonds. The van der Waals surface area contributed by atoms with Crippen molar-refractivity contribution in [2.75, 3.05) is 6.61 Å². The summed E-state index contributed by atoms with van der Waals surface area (Å²) in [5.41, 5.74) is 1.26. The minimum atomic E-state index is -0.294. The minimum absolute atomic E-state index is 0.180. The Balaban J connectivity index is 1.93. The molecule has 0 bridgehead atoms. The Hall–Kier alpha value is -2.22. The van der Waals surface area contributed by atoms with Gasteiger partial charge in [0.2, 0.25) is 0 Å². The molecule has 2 rings (SSSR count). The number of nitrogens with zero attached hydrogens (tertiary/aromatic N) is 1. The highest BCUT2D eigenvalue weighted by Crippen LogP contribution is 2.25. The maximum Gasteiger partial charge on any atom is 0.258 e. The van der Waals surface area contributed by atoms with Gasteiger partial charge in [0.15, 0.2) is 6.61 Å². The molecule has 0 aliphatic rings. The molecule has 0 saturated carbocycles. The molecule has 0 unspecified atom stereocenters. The Morgan fingerprint density at radius 2 is 2.00 bits per heavy atom. The predicted octanol–water partition coefficient (Wildman–Crippen LogP) is 4.12. The lowest BCUT2D eigenvalue weighted by atomic mass is 10.1. The van der Waals surface area contributed by atoms with Crippen molar-refractivity contribution in [2.45, 2.75) is 13.0 Å². The summed E-state index contributed by atoms with van der Waals surface area (Å²) >= 11 is 12.1. The summed E-state index contributed by atoms with van der Waals surface area (Å²) in [4.78, 5) is 12.0. The molecule has 2 aromatic carbocycles.